The highest BCUT2D eigenvalue weighted by Gasteiger charge is 2.09. The van der Waals surface area contributed by atoms with Crippen molar-refractivity contribution in [2.75, 3.05) is 0 Å². The van der Waals surface area contributed by atoms with E-state index in [4.69, 9.17) is 4.42 Å². The molecular formula is C12H6Br2O. The van der Waals surface area contributed by atoms with Crippen molar-refractivity contribution in [1.82, 2.24) is 0 Å². The van der Waals surface area contributed by atoms with Crippen molar-refractivity contribution in [2.45, 2.75) is 0 Å². The number of halogens is 2. The van der Waals surface area contributed by atoms with Crippen molar-refractivity contribution in [3.8, 4) is 0 Å². The average molecular weight is 326 g/mol. The highest BCUT2D eigenvalue weighted by Crippen LogP contribution is 2.36. The Morgan fingerprint density at radius 3 is 2.67 bits per heavy atom. The Morgan fingerprint density at radius 2 is 1.80 bits per heavy atom. The molecule has 1 nitrogen and oxygen atoms in total. The zero-order chi connectivity index (χ0) is 10.4. The summed E-state index contributed by atoms with van der Waals surface area (Å²) in [6.07, 6.45) is 1.72. The molecule has 3 rings (SSSR count). The van der Waals surface area contributed by atoms with E-state index in [1.54, 1.807) is 6.26 Å². The summed E-state index contributed by atoms with van der Waals surface area (Å²) in [5.74, 6) is 0. The third-order valence-electron chi connectivity index (χ3n) is 2.49. The van der Waals surface area contributed by atoms with E-state index in [1.807, 2.05) is 24.3 Å². The third-order valence-corrected chi connectivity index (χ3v) is 3.81. The van der Waals surface area contributed by atoms with Crippen molar-refractivity contribution in [2.24, 2.45) is 0 Å². The normalized spacial score (nSPS) is 11.3. The standard InChI is InChI=1S/C12H6Br2O/c13-9-3-1-2-7-10(14)6-11-8(12(7)9)4-5-15-11/h1-6H. The lowest BCUT2D eigenvalue weighted by Gasteiger charge is -2.04. The van der Waals surface area contributed by atoms with Gasteiger partial charge < -0.3 is 4.42 Å². The van der Waals surface area contributed by atoms with E-state index < -0.39 is 0 Å². The van der Waals surface area contributed by atoms with Gasteiger partial charge in [-0.25, -0.2) is 0 Å². The Kier molecular flexibility index (Phi) is 2.11. The van der Waals surface area contributed by atoms with Crippen LogP contribution in [0.25, 0.3) is 21.7 Å². The van der Waals surface area contributed by atoms with Crippen LogP contribution in [0, 0.1) is 0 Å². The predicted octanol–water partition coefficient (Wildman–Crippen LogP) is 5.11. The van der Waals surface area contributed by atoms with Gasteiger partial charge in [-0.3, -0.25) is 0 Å². The fraction of sp³-hybridized carbons (Fsp3) is 0. The van der Waals surface area contributed by atoms with Gasteiger partial charge in [0.2, 0.25) is 0 Å². The zero-order valence-corrected chi connectivity index (χ0v) is 10.8. The average Bonchev–Trinajstić information content (AvgIpc) is 2.66. The monoisotopic (exact) mass is 324 g/mol. The molecule has 74 valence electrons. The molecule has 0 amide bonds. The number of rotatable bonds is 0. The number of benzene rings is 2. The van der Waals surface area contributed by atoms with Crippen LogP contribution < -0.4 is 0 Å². The molecule has 0 saturated carbocycles. The lowest BCUT2D eigenvalue weighted by Crippen LogP contribution is -1.77. The van der Waals surface area contributed by atoms with Crippen LogP contribution in [0.2, 0.25) is 0 Å². The first-order chi connectivity index (χ1) is 7.27. The van der Waals surface area contributed by atoms with Gasteiger partial charge in [-0.1, -0.05) is 44.0 Å². The molecule has 15 heavy (non-hydrogen) atoms. The summed E-state index contributed by atoms with van der Waals surface area (Å²) in [4.78, 5) is 0. The number of hydrogen-bond donors (Lipinski definition) is 0. The van der Waals surface area contributed by atoms with Gasteiger partial charge in [-0.15, -0.1) is 0 Å². The molecule has 0 saturated heterocycles. The molecule has 0 bridgehead atoms. The van der Waals surface area contributed by atoms with Gasteiger partial charge in [-0.2, -0.15) is 0 Å². The van der Waals surface area contributed by atoms with Crippen LogP contribution in [0.4, 0.5) is 0 Å². The molecule has 3 aromatic rings. The number of furan rings is 1. The maximum absolute atomic E-state index is 5.41. The molecule has 0 N–H and O–H groups in total. The molecule has 0 atom stereocenters. The topological polar surface area (TPSA) is 13.1 Å². The Labute approximate surface area is 103 Å². The Bertz CT molecular complexity index is 655. The minimum absolute atomic E-state index is 0.904. The van der Waals surface area contributed by atoms with Gasteiger partial charge in [0.15, 0.2) is 0 Å². The second-order valence-electron chi connectivity index (χ2n) is 3.35. The van der Waals surface area contributed by atoms with Crippen molar-refractivity contribution < 1.29 is 4.42 Å². The quantitative estimate of drug-likeness (QED) is 0.559. The molecule has 0 spiro atoms. The Morgan fingerprint density at radius 1 is 0.933 bits per heavy atom. The van der Waals surface area contributed by atoms with E-state index in [-0.39, 0.29) is 0 Å². The van der Waals surface area contributed by atoms with Crippen molar-refractivity contribution >= 4 is 53.6 Å². The van der Waals surface area contributed by atoms with E-state index >= 15 is 0 Å². The van der Waals surface area contributed by atoms with Gasteiger partial charge in [-0.05, 0) is 23.6 Å². The van der Waals surface area contributed by atoms with Gasteiger partial charge in [0.05, 0.1) is 6.26 Å². The Hall–Kier alpha value is -0.800. The molecule has 1 heterocycles. The van der Waals surface area contributed by atoms with Crippen LogP contribution >= 0.6 is 31.9 Å². The molecule has 0 aliphatic carbocycles. The molecule has 0 fully saturated rings. The Balaban J connectivity index is 2.69. The largest absolute Gasteiger partial charge is 0.464 e. The fourth-order valence-electron chi connectivity index (χ4n) is 1.83. The molecule has 0 aliphatic heterocycles. The van der Waals surface area contributed by atoms with E-state index in [1.165, 1.54) is 10.8 Å². The van der Waals surface area contributed by atoms with Crippen LogP contribution in [0.5, 0.6) is 0 Å². The van der Waals surface area contributed by atoms with Gasteiger partial charge in [0.1, 0.15) is 5.58 Å². The van der Waals surface area contributed by atoms with Crippen LogP contribution in [0.3, 0.4) is 0 Å². The SMILES string of the molecule is Brc1cc2occc2c2c(Br)cccc12. The molecule has 3 heteroatoms. The molecule has 1 aromatic heterocycles. The summed E-state index contributed by atoms with van der Waals surface area (Å²) >= 11 is 7.13. The maximum atomic E-state index is 5.41. The molecule has 0 radical (unpaired) electrons. The summed E-state index contributed by atoms with van der Waals surface area (Å²) in [6.45, 7) is 0. The highest BCUT2D eigenvalue weighted by atomic mass is 79.9. The van der Waals surface area contributed by atoms with Crippen LogP contribution in [-0.4, -0.2) is 0 Å². The summed E-state index contributed by atoms with van der Waals surface area (Å²) < 4.78 is 7.56. The van der Waals surface area contributed by atoms with Crippen LogP contribution in [0.15, 0.2) is 50.0 Å². The third kappa shape index (κ3) is 1.34. The van der Waals surface area contributed by atoms with Crippen molar-refractivity contribution in [1.29, 1.82) is 0 Å². The van der Waals surface area contributed by atoms with Crippen molar-refractivity contribution in [3.05, 3.63) is 45.5 Å². The summed E-state index contributed by atoms with van der Waals surface area (Å²) in [7, 11) is 0. The van der Waals surface area contributed by atoms with E-state index in [0.717, 1.165) is 19.9 Å². The van der Waals surface area contributed by atoms with E-state index in [0.29, 0.717) is 0 Å². The highest BCUT2D eigenvalue weighted by molar-refractivity contribution is 9.11. The van der Waals surface area contributed by atoms with Gasteiger partial charge in [0, 0.05) is 19.7 Å². The lowest BCUT2D eigenvalue weighted by molar-refractivity contribution is 0.616. The predicted molar refractivity (Wildman–Crippen MR) is 69.1 cm³/mol. The van der Waals surface area contributed by atoms with Crippen LogP contribution in [0.1, 0.15) is 0 Å². The number of hydrogen-bond acceptors (Lipinski definition) is 1. The lowest BCUT2D eigenvalue weighted by atomic mass is 10.1. The smallest absolute Gasteiger partial charge is 0.135 e. The van der Waals surface area contributed by atoms with E-state index in [9.17, 15) is 0 Å². The molecule has 0 unspecified atom stereocenters. The molecule has 0 aliphatic rings. The van der Waals surface area contributed by atoms with Crippen LogP contribution in [-0.2, 0) is 0 Å². The first kappa shape index (κ1) is 9.43. The first-order valence-corrected chi connectivity index (χ1v) is 6.10. The fourth-order valence-corrected chi connectivity index (χ4v) is 2.95. The summed E-state index contributed by atoms with van der Waals surface area (Å²) in [5, 5.41) is 3.52. The number of fused-ring (bicyclic) bond motifs is 3. The second-order valence-corrected chi connectivity index (χ2v) is 5.06. The maximum Gasteiger partial charge on any atom is 0.135 e. The first-order valence-electron chi connectivity index (χ1n) is 4.51. The van der Waals surface area contributed by atoms with Gasteiger partial charge in [0.25, 0.3) is 0 Å². The zero-order valence-electron chi connectivity index (χ0n) is 7.63. The minimum Gasteiger partial charge on any atom is -0.464 e. The van der Waals surface area contributed by atoms with Gasteiger partial charge >= 0.3 is 0 Å². The second kappa shape index (κ2) is 3.35. The molecule has 2 aromatic carbocycles. The summed E-state index contributed by atoms with van der Waals surface area (Å²) in [5.41, 5.74) is 0.904. The van der Waals surface area contributed by atoms with Crippen molar-refractivity contribution in [3.63, 3.8) is 0 Å². The minimum atomic E-state index is 0.904. The molecular weight excluding hydrogens is 320 g/mol. The summed E-state index contributed by atoms with van der Waals surface area (Å²) in [6, 6.07) is 10.2. The van der Waals surface area contributed by atoms with E-state index in [2.05, 4.69) is 37.9 Å².